The Morgan fingerprint density at radius 1 is 1.15 bits per heavy atom. The molecular formula is C27H25N3O4. The summed E-state index contributed by atoms with van der Waals surface area (Å²) in [6, 6.07) is 17.2. The van der Waals surface area contributed by atoms with Crippen LogP contribution in [-0.2, 0) is 16.0 Å². The van der Waals surface area contributed by atoms with Crippen LogP contribution in [0.15, 0.2) is 48.5 Å². The summed E-state index contributed by atoms with van der Waals surface area (Å²) in [7, 11) is 1.64. The van der Waals surface area contributed by atoms with Crippen molar-refractivity contribution in [1.29, 1.82) is 5.26 Å². The summed E-state index contributed by atoms with van der Waals surface area (Å²) in [5.41, 5.74) is 4.89. The molecule has 0 aliphatic heterocycles. The SMILES string of the molecule is COc1ccc(/C=C2\CCCc3c2nc2ccccc2c3C(=O)OCC(=O)NCCC#N)cc1. The molecule has 0 spiro atoms. The molecule has 0 saturated heterocycles. The molecule has 1 amide bonds. The van der Waals surface area contributed by atoms with E-state index in [1.54, 1.807) is 7.11 Å². The first-order valence-electron chi connectivity index (χ1n) is 11.2. The van der Waals surface area contributed by atoms with Crippen molar-refractivity contribution in [2.75, 3.05) is 20.3 Å². The summed E-state index contributed by atoms with van der Waals surface area (Å²) in [5.74, 6) is -0.191. The van der Waals surface area contributed by atoms with E-state index in [2.05, 4.69) is 11.4 Å². The fraction of sp³-hybridized carbons (Fsp3) is 0.259. The number of nitrogens with one attached hydrogen (secondary N) is 1. The van der Waals surface area contributed by atoms with E-state index in [4.69, 9.17) is 19.7 Å². The van der Waals surface area contributed by atoms with Crippen molar-refractivity contribution in [3.63, 3.8) is 0 Å². The fourth-order valence-electron chi connectivity index (χ4n) is 4.12. The predicted molar refractivity (Wildman–Crippen MR) is 129 cm³/mol. The second kappa shape index (κ2) is 10.6. The van der Waals surface area contributed by atoms with Gasteiger partial charge in [-0.15, -0.1) is 0 Å². The van der Waals surface area contributed by atoms with E-state index >= 15 is 0 Å². The van der Waals surface area contributed by atoms with Crippen LogP contribution in [0, 0.1) is 11.3 Å². The maximum Gasteiger partial charge on any atom is 0.339 e. The van der Waals surface area contributed by atoms with Gasteiger partial charge >= 0.3 is 5.97 Å². The number of rotatable bonds is 7. The van der Waals surface area contributed by atoms with Crippen LogP contribution < -0.4 is 10.1 Å². The van der Waals surface area contributed by atoms with Crippen molar-refractivity contribution in [3.05, 3.63) is 70.9 Å². The Balaban J connectivity index is 1.69. The van der Waals surface area contributed by atoms with Crippen LogP contribution in [0.1, 0.15) is 46.4 Å². The van der Waals surface area contributed by atoms with Gasteiger partial charge in [0.05, 0.1) is 36.4 Å². The molecule has 34 heavy (non-hydrogen) atoms. The number of nitriles is 1. The quantitative estimate of drug-likeness (QED) is 0.421. The van der Waals surface area contributed by atoms with Crippen molar-refractivity contribution in [1.82, 2.24) is 10.3 Å². The Bertz CT molecular complexity index is 1290. The predicted octanol–water partition coefficient (Wildman–Crippen LogP) is 4.31. The number of hydrogen-bond donors (Lipinski definition) is 1. The van der Waals surface area contributed by atoms with Gasteiger partial charge < -0.3 is 14.8 Å². The maximum atomic E-state index is 13.2. The number of carbonyl (C=O) groups excluding carboxylic acids is 2. The van der Waals surface area contributed by atoms with Gasteiger partial charge in [-0.25, -0.2) is 9.78 Å². The van der Waals surface area contributed by atoms with Gasteiger partial charge in [-0.1, -0.05) is 30.3 Å². The van der Waals surface area contributed by atoms with Gasteiger partial charge in [-0.2, -0.15) is 5.26 Å². The summed E-state index contributed by atoms with van der Waals surface area (Å²) in [6.07, 6.45) is 4.72. The number of methoxy groups -OCH3 is 1. The summed E-state index contributed by atoms with van der Waals surface area (Å²) in [4.78, 5) is 30.1. The van der Waals surface area contributed by atoms with Gasteiger partial charge in [-0.3, -0.25) is 4.79 Å². The zero-order chi connectivity index (χ0) is 23.9. The highest BCUT2D eigenvalue weighted by Gasteiger charge is 2.26. The fourth-order valence-corrected chi connectivity index (χ4v) is 4.12. The Morgan fingerprint density at radius 2 is 1.94 bits per heavy atom. The van der Waals surface area contributed by atoms with Crippen molar-refractivity contribution in [2.45, 2.75) is 25.7 Å². The smallest absolute Gasteiger partial charge is 0.339 e. The van der Waals surface area contributed by atoms with Gasteiger partial charge in [0.2, 0.25) is 0 Å². The number of allylic oxidation sites excluding steroid dienone is 1. The number of ether oxygens (including phenoxy) is 2. The van der Waals surface area contributed by atoms with E-state index in [0.29, 0.717) is 22.9 Å². The van der Waals surface area contributed by atoms with E-state index in [1.807, 2.05) is 54.6 Å². The summed E-state index contributed by atoms with van der Waals surface area (Å²) in [5, 5.41) is 11.9. The van der Waals surface area contributed by atoms with Crippen LogP contribution in [0.4, 0.5) is 0 Å². The van der Waals surface area contributed by atoms with E-state index in [1.165, 1.54) is 0 Å². The van der Waals surface area contributed by atoms with Crippen LogP contribution in [-0.4, -0.2) is 37.1 Å². The van der Waals surface area contributed by atoms with E-state index < -0.39 is 18.5 Å². The highest BCUT2D eigenvalue weighted by molar-refractivity contribution is 6.07. The average molecular weight is 456 g/mol. The molecule has 0 fully saturated rings. The Kier molecular flexibility index (Phi) is 7.19. The third-order valence-electron chi connectivity index (χ3n) is 5.72. The van der Waals surface area contributed by atoms with Crippen LogP contribution in [0.3, 0.4) is 0 Å². The third kappa shape index (κ3) is 5.07. The molecule has 0 radical (unpaired) electrons. The first-order chi connectivity index (χ1) is 16.6. The highest BCUT2D eigenvalue weighted by atomic mass is 16.5. The van der Waals surface area contributed by atoms with Gasteiger partial charge in [-0.05, 0) is 60.2 Å². The number of carbonyl (C=O) groups is 2. The molecule has 0 saturated carbocycles. The summed E-state index contributed by atoms with van der Waals surface area (Å²) >= 11 is 0. The topological polar surface area (TPSA) is 101 Å². The molecule has 0 unspecified atom stereocenters. The van der Waals surface area contributed by atoms with Crippen molar-refractivity contribution < 1.29 is 19.1 Å². The molecule has 0 atom stereocenters. The van der Waals surface area contributed by atoms with Gasteiger partial charge in [0, 0.05) is 11.9 Å². The molecule has 3 aromatic rings. The molecule has 1 heterocycles. The molecule has 2 aromatic carbocycles. The van der Waals surface area contributed by atoms with Crippen molar-refractivity contribution in [2.24, 2.45) is 0 Å². The molecule has 0 bridgehead atoms. The number of hydrogen-bond acceptors (Lipinski definition) is 6. The molecule has 172 valence electrons. The van der Waals surface area contributed by atoms with Crippen molar-refractivity contribution >= 4 is 34.4 Å². The van der Waals surface area contributed by atoms with E-state index in [0.717, 1.165) is 41.0 Å². The zero-order valence-corrected chi connectivity index (χ0v) is 19.0. The second-order valence-electron chi connectivity index (χ2n) is 7.96. The number of nitrogens with zero attached hydrogens (tertiary/aromatic N) is 2. The minimum atomic E-state index is -0.545. The van der Waals surface area contributed by atoms with E-state index in [9.17, 15) is 9.59 Å². The largest absolute Gasteiger partial charge is 0.497 e. The second-order valence-corrected chi connectivity index (χ2v) is 7.96. The highest BCUT2D eigenvalue weighted by Crippen LogP contribution is 2.36. The van der Waals surface area contributed by atoms with Crippen LogP contribution >= 0.6 is 0 Å². The minimum Gasteiger partial charge on any atom is -0.497 e. The van der Waals surface area contributed by atoms with E-state index in [-0.39, 0.29) is 13.0 Å². The molecule has 7 nitrogen and oxygen atoms in total. The maximum absolute atomic E-state index is 13.2. The average Bonchev–Trinajstić information content (AvgIpc) is 2.87. The standard InChI is InChI=1S/C27H25N3O4/c1-33-20-12-10-18(11-13-20)16-19-6-4-8-22-25(21-7-2-3-9-23(21)30-26(19)22)27(32)34-17-24(31)29-15-5-14-28/h2-3,7,9-13,16H,4-6,8,15,17H2,1H3,(H,29,31)/b19-16+. The number of para-hydroxylation sites is 1. The lowest BCUT2D eigenvalue weighted by Gasteiger charge is -2.22. The molecule has 1 aromatic heterocycles. The molecule has 4 rings (SSSR count). The molecule has 1 aliphatic carbocycles. The number of aromatic nitrogens is 1. The number of esters is 1. The Labute approximate surface area is 198 Å². The Morgan fingerprint density at radius 3 is 2.71 bits per heavy atom. The first kappa shape index (κ1) is 23.0. The molecule has 1 N–H and O–H groups in total. The normalized spacial score (nSPS) is 13.7. The lowest BCUT2D eigenvalue weighted by atomic mass is 9.86. The van der Waals surface area contributed by atoms with Gasteiger partial charge in [0.25, 0.3) is 5.91 Å². The number of fused-ring (bicyclic) bond motifs is 2. The number of benzene rings is 2. The lowest BCUT2D eigenvalue weighted by Crippen LogP contribution is -2.29. The summed E-state index contributed by atoms with van der Waals surface area (Å²) in [6.45, 7) is -0.176. The molecular weight excluding hydrogens is 430 g/mol. The van der Waals surface area contributed by atoms with Gasteiger partial charge in [0.15, 0.2) is 6.61 Å². The molecule has 7 heteroatoms. The first-order valence-corrected chi connectivity index (χ1v) is 11.2. The van der Waals surface area contributed by atoms with Crippen LogP contribution in [0.2, 0.25) is 0 Å². The van der Waals surface area contributed by atoms with Crippen LogP contribution in [0.25, 0.3) is 22.6 Å². The number of amides is 1. The van der Waals surface area contributed by atoms with Crippen LogP contribution in [0.5, 0.6) is 5.75 Å². The van der Waals surface area contributed by atoms with Gasteiger partial charge in [0.1, 0.15) is 5.75 Å². The Hall–Kier alpha value is -4.18. The monoisotopic (exact) mass is 455 g/mol. The number of pyridine rings is 1. The third-order valence-corrected chi connectivity index (χ3v) is 5.72. The zero-order valence-electron chi connectivity index (χ0n) is 19.0. The minimum absolute atomic E-state index is 0.200. The summed E-state index contributed by atoms with van der Waals surface area (Å²) < 4.78 is 10.6. The molecule has 1 aliphatic rings. The van der Waals surface area contributed by atoms with Crippen molar-refractivity contribution in [3.8, 4) is 11.8 Å². The lowest BCUT2D eigenvalue weighted by molar-refractivity contribution is -0.124.